The second kappa shape index (κ2) is 8.97. The zero-order valence-corrected chi connectivity index (χ0v) is 9.21. The lowest BCUT2D eigenvalue weighted by Crippen LogP contribution is -2.39. The molecule has 0 aromatic rings. The van der Waals surface area contributed by atoms with Crippen molar-refractivity contribution in [2.24, 2.45) is 5.73 Å². The highest BCUT2D eigenvalue weighted by molar-refractivity contribution is 5.75. The van der Waals surface area contributed by atoms with Gasteiger partial charge < -0.3 is 15.8 Å². The van der Waals surface area contributed by atoms with Crippen LogP contribution in [-0.4, -0.2) is 31.7 Å². The van der Waals surface area contributed by atoms with Gasteiger partial charge in [-0.25, -0.2) is 0 Å². The van der Waals surface area contributed by atoms with E-state index in [1.54, 1.807) is 0 Å². The summed E-state index contributed by atoms with van der Waals surface area (Å²) in [5.41, 5.74) is 5.37. The Morgan fingerprint density at radius 2 is 2.21 bits per heavy atom. The van der Waals surface area contributed by atoms with Crippen molar-refractivity contribution in [3.8, 4) is 0 Å². The van der Waals surface area contributed by atoms with E-state index >= 15 is 0 Å². The SMILES string of the molecule is CCCC(NCCCN)C(=O)OCC. The first-order chi connectivity index (χ1) is 6.76. The summed E-state index contributed by atoms with van der Waals surface area (Å²) >= 11 is 0. The zero-order valence-electron chi connectivity index (χ0n) is 9.21. The molecule has 1 unspecified atom stereocenters. The monoisotopic (exact) mass is 202 g/mol. The lowest BCUT2D eigenvalue weighted by Gasteiger charge is -2.15. The van der Waals surface area contributed by atoms with Crippen LogP contribution in [-0.2, 0) is 9.53 Å². The van der Waals surface area contributed by atoms with E-state index in [1.165, 1.54) is 0 Å². The topological polar surface area (TPSA) is 64.3 Å². The maximum Gasteiger partial charge on any atom is 0.323 e. The molecule has 0 aliphatic carbocycles. The van der Waals surface area contributed by atoms with E-state index in [0.29, 0.717) is 13.2 Å². The number of nitrogens with two attached hydrogens (primary N) is 1. The summed E-state index contributed by atoms with van der Waals surface area (Å²) in [6.07, 6.45) is 2.68. The van der Waals surface area contributed by atoms with E-state index < -0.39 is 0 Å². The summed E-state index contributed by atoms with van der Waals surface area (Å²) in [4.78, 5) is 11.4. The molecule has 0 bridgehead atoms. The number of hydrogen-bond donors (Lipinski definition) is 2. The van der Waals surface area contributed by atoms with Crippen molar-refractivity contribution in [1.29, 1.82) is 0 Å². The Balaban J connectivity index is 3.81. The molecule has 0 saturated carbocycles. The van der Waals surface area contributed by atoms with Gasteiger partial charge in [-0.05, 0) is 32.9 Å². The molecule has 4 nitrogen and oxygen atoms in total. The minimum absolute atomic E-state index is 0.147. The molecule has 0 aliphatic heterocycles. The minimum Gasteiger partial charge on any atom is -0.465 e. The van der Waals surface area contributed by atoms with Crippen LogP contribution >= 0.6 is 0 Å². The van der Waals surface area contributed by atoms with Crippen molar-refractivity contribution in [3.63, 3.8) is 0 Å². The van der Waals surface area contributed by atoms with Crippen LogP contribution in [0.15, 0.2) is 0 Å². The molecule has 0 heterocycles. The molecule has 0 aromatic carbocycles. The number of hydrogen-bond acceptors (Lipinski definition) is 4. The summed E-state index contributed by atoms with van der Waals surface area (Å²) in [6.45, 7) is 5.74. The molecule has 0 saturated heterocycles. The Bertz CT molecular complexity index is 151. The normalized spacial score (nSPS) is 12.5. The van der Waals surface area contributed by atoms with E-state index in [-0.39, 0.29) is 12.0 Å². The van der Waals surface area contributed by atoms with Gasteiger partial charge in [0.2, 0.25) is 0 Å². The van der Waals surface area contributed by atoms with Crippen molar-refractivity contribution in [2.75, 3.05) is 19.7 Å². The molecule has 84 valence electrons. The molecule has 0 spiro atoms. The van der Waals surface area contributed by atoms with Gasteiger partial charge in [0.15, 0.2) is 0 Å². The lowest BCUT2D eigenvalue weighted by atomic mass is 10.1. The summed E-state index contributed by atoms with van der Waals surface area (Å²) < 4.78 is 4.95. The standard InChI is InChI=1S/C10H22N2O2/c1-3-6-9(10(13)14-4-2)12-8-5-7-11/h9,12H,3-8,11H2,1-2H3. The highest BCUT2D eigenvalue weighted by Crippen LogP contribution is 1.99. The van der Waals surface area contributed by atoms with Crippen molar-refractivity contribution < 1.29 is 9.53 Å². The fourth-order valence-corrected chi connectivity index (χ4v) is 1.21. The number of carbonyl (C=O) groups excluding carboxylic acids is 1. The first-order valence-corrected chi connectivity index (χ1v) is 5.36. The summed E-state index contributed by atoms with van der Waals surface area (Å²) in [5.74, 6) is -0.147. The second-order valence-corrected chi connectivity index (χ2v) is 3.19. The molecule has 0 aliphatic rings. The Morgan fingerprint density at radius 1 is 1.50 bits per heavy atom. The van der Waals surface area contributed by atoms with Gasteiger partial charge in [0.05, 0.1) is 6.61 Å². The van der Waals surface area contributed by atoms with Gasteiger partial charge >= 0.3 is 5.97 Å². The van der Waals surface area contributed by atoms with Gasteiger partial charge in [0, 0.05) is 0 Å². The second-order valence-electron chi connectivity index (χ2n) is 3.19. The molecule has 14 heavy (non-hydrogen) atoms. The third kappa shape index (κ3) is 5.94. The Kier molecular flexibility index (Phi) is 8.57. The van der Waals surface area contributed by atoms with Crippen LogP contribution in [0.1, 0.15) is 33.1 Å². The molecule has 0 rings (SSSR count). The van der Waals surface area contributed by atoms with Crippen LogP contribution in [0.5, 0.6) is 0 Å². The van der Waals surface area contributed by atoms with Crippen LogP contribution in [0.2, 0.25) is 0 Å². The van der Waals surface area contributed by atoms with Gasteiger partial charge in [-0.15, -0.1) is 0 Å². The summed E-state index contributed by atoms with van der Waals surface area (Å²) in [6, 6.07) is -0.161. The summed E-state index contributed by atoms with van der Waals surface area (Å²) in [7, 11) is 0. The van der Waals surface area contributed by atoms with Gasteiger partial charge in [-0.2, -0.15) is 0 Å². The first-order valence-electron chi connectivity index (χ1n) is 5.36. The predicted octanol–water partition coefficient (Wildman–Crippen LogP) is 0.657. The van der Waals surface area contributed by atoms with Crippen molar-refractivity contribution in [3.05, 3.63) is 0 Å². The fourth-order valence-electron chi connectivity index (χ4n) is 1.21. The van der Waals surface area contributed by atoms with Crippen LogP contribution in [0.25, 0.3) is 0 Å². The quantitative estimate of drug-likeness (QED) is 0.448. The Hall–Kier alpha value is -0.610. The fraction of sp³-hybridized carbons (Fsp3) is 0.900. The van der Waals surface area contributed by atoms with E-state index in [0.717, 1.165) is 25.8 Å². The number of rotatable bonds is 8. The van der Waals surface area contributed by atoms with Crippen LogP contribution in [0.3, 0.4) is 0 Å². The molecule has 0 amide bonds. The largest absolute Gasteiger partial charge is 0.465 e. The molecular weight excluding hydrogens is 180 g/mol. The smallest absolute Gasteiger partial charge is 0.323 e. The van der Waals surface area contributed by atoms with Gasteiger partial charge in [-0.3, -0.25) is 4.79 Å². The highest BCUT2D eigenvalue weighted by atomic mass is 16.5. The van der Waals surface area contributed by atoms with E-state index in [4.69, 9.17) is 10.5 Å². The van der Waals surface area contributed by atoms with Crippen molar-refractivity contribution >= 4 is 5.97 Å². The van der Waals surface area contributed by atoms with Crippen LogP contribution < -0.4 is 11.1 Å². The number of esters is 1. The van der Waals surface area contributed by atoms with Gasteiger partial charge in [0.25, 0.3) is 0 Å². The maximum absolute atomic E-state index is 11.4. The minimum atomic E-state index is -0.161. The van der Waals surface area contributed by atoms with Gasteiger partial charge in [-0.1, -0.05) is 13.3 Å². The van der Waals surface area contributed by atoms with Crippen molar-refractivity contribution in [2.45, 2.75) is 39.2 Å². The van der Waals surface area contributed by atoms with E-state index in [1.807, 2.05) is 6.92 Å². The third-order valence-electron chi connectivity index (χ3n) is 1.92. The molecule has 0 aromatic heterocycles. The van der Waals surface area contributed by atoms with E-state index in [9.17, 15) is 4.79 Å². The predicted molar refractivity (Wildman–Crippen MR) is 57.0 cm³/mol. The molecule has 3 N–H and O–H groups in total. The molecule has 0 radical (unpaired) electrons. The van der Waals surface area contributed by atoms with Crippen molar-refractivity contribution in [1.82, 2.24) is 5.32 Å². The Morgan fingerprint density at radius 3 is 2.71 bits per heavy atom. The Labute approximate surface area is 86.2 Å². The maximum atomic E-state index is 11.4. The zero-order chi connectivity index (χ0) is 10.8. The molecular formula is C10H22N2O2. The van der Waals surface area contributed by atoms with Gasteiger partial charge in [0.1, 0.15) is 6.04 Å². The highest BCUT2D eigenvalue weighted by Gasteiger charge is 2.17. The van der Waals surface area contributed by atoms with E-state index in [2.05, 4.69) is 12.2 Å². The van der Waals surface area contributed by atoms with Crippen LogP contribution in [0, 0.1) is 0 Å². The first kappa shape index (κ1) is 13.4. The summed E-state index contributed by atoms with van der Waals surface area (Å²) in [5, 5.41) is 3.15. The number of carbonyl (C=O) groups is 1. The third-order valence-corrected chi connectivity index (χ3v) is 1.92. The lowest BCUT2D eigenvalue weighted by molar-refractivity contribution is -0.145. The molecule has 0 fully saturated rings. The molecule has 4 heteroatoms. The van der Waals surface area contributed by atoms with Crippen LogP contribution in [0.4, 0.5) is 0 Å². The molecule has 1 atom stereocenters. The number of nitrogens with one attached hydrogen (secondary N) is 1. The average molecular weight is 202 g/mol. The average Bonchev–Trinajstić information content (AvgIpc) is 2.17. The number of ether oxygens (including phenoxy) is 1.